The number of rotatable bonds is 7. The van der Waals surface area contributed by atoms with Gasteiger partial charge in [-0.2, -0.15) is 0 Å². The fourth-order valence-electron chi connectivity index (χ4n) is 3.16. The topological polar surface area (TPSA) is 92.7 Å². The van der Waals surface area contributed by atoms with Crippen molar-refractivity contribution < 1.29 is 9.47 Å². The van der Waals surface area contributed by atoms with E-state index in [1.807, 2.05) is 38.1 Å². The largest absolute Gasteiger partial charge is 0.495 e. The Kier molecular flexibility index (Phi) is 9.00. The van der Waals surface area contributed by atoms with Crippen LogP contribution in [0.3, 0.4) is 0 Å². The molecule has 0 atom stereocenters. The minimum absolute atomic E-state index is 0.290. The molecule has 10 heteroatoms. The number of methoxy groups -OCH3 is 2. The van der Waals surface area contributed by atoms with E-state index in [0.29, 0.717) is 40.7 Å². The van der Waals surface area contributed by atoms with Gasteiger partial charge in [-0.15, -0.1) is 0 Å². The number of guanidine groups is 1. The smallest absolute Gasteiger partial charge is 0.229 e. The lowest BCUT2D eigenvalue weighted by molar-refractivity contribution is 0.405. The third kappa shape index (κ3) is 7.29. The van der Waals surface area contributed by atoms with Crippen LogP contribution in [0.15, 0.2) is 53.5 Å². The predicted octanol–water partition coefficient (Wildman–Crippen LogP) is 4.76. The second-order valence-electron chi connectivity index (χ2n) is 7.33. The number of aromatic nitrogens is 2. The van der Waals surface area contributed by atoms with E-state index in [1.54, 1.807) is 26.4 Å². The predicted molar refractivity (Wildman–Crippen MR) is 141 cm³/mol. The van der Waals surface area contributed by atoms with Crippen LogP contribution < -0.4 is 25.4 Å². The summed E-state index contributed by atoms with van der Waals surface area (Å²) in [7, 11) is 3.09. The Bertz CT molecular complexity index is 1150. The fourth-order valence-corrected chi connectivity index (χ4v) is 3.60. The Balaban J connectivity index is 1.78. The second-order valence-corrected chi connectivity index (χ2v) is 8.15. The third-order valence-corrected chi connectivity index (χ3v) is 5.18. The van der Waals surface area contributed by atoms with E-state index in [2.05, 4.69) is 43.0 Å². The van der Waals surface area contributed by atoms with E-state index in [9.17, 15) is 0 Å². The number of halogens is 1. The summed E-state index contributed by atoms with van der Waals surface area (Å²) in [5, 5.41) is 10.1. The Labute approximate surface area is 209 Å². The maximum atomic E-state index is 6.20. The first kappa shape index (κ1) is 25.2. The minimum Gasteiger partial charge on any atom is -0.495 e. The third-order valence-electron chi connectivity index (χ3n) is 4.68. The summed E-state index contributed by atoms with van der Waals surface area (Å²) in [6.07, 6.45) is 0.768. The SMILES string of the molecule is COc1cc(NC(=S)NC(=NCCc2ccccc2)Nc2nc(C)cc(C)n2)c(OC)cc1Cl. The van der Waals surface area contributed by atoms with Gasteiger partial charge in [0.2, 0.25) is 11.9 Å². The summed E-state index contributed by atoms with van der Waals surface area (Å²) < 4.78 is 10.7. The van der Waals surface area contributed by atoms with Crippen LogP contribution in [-0.4, -0.2) is 41.8 Å². The van der Waals surface area contributed by atoms with Crippen LogP contribution >= 0.6 is 23.8 Å². The van der Waals surface area contributed by atoms with Crippen molar-refractivity contribution in [2.75, 3.05) is 31.4 Å². The summed E-state index contributed by atoms with van der Waals surface area (Å²) >= 11 is 11.7. The molecule has 3 rings (SSSR count). The quantitative estimate of drug-likeness (QED) is 0.244. The lowest BCUT2D eigenvalue weighted by Crippen LogP contribution is -2.39. The molecule has 0 radical (unpaired) electrons. The molecule has 0 saturated heterocycles. The van der Waals surface area contributed by atoms with Gasteiger partial charge in [-0.25, -0.2) is 9.97 Å². The van der Waals surface area contributed by atoms with Gasteiger partial charge in [0.05, 0.1) is 24.9 Å². The maximum absolute atomic E-state index is 6.20. The van der Waals surface area contributed by atoms with E-state index in [-0.39, 0.29) is 5.11 Å². The molecule has 0 aliphatic rings. The number of hydrogen-bond acceptors (Lipinski definition) is 6. The number of aryl methyl sites for hydroxylation is 2. The van der Waals surface area contributed by atoms with Crippen molar-refractivity contribution in [1.29, 1.82) is 0 Å². The van der Waals surface area contributed by atoms with Crippen LogP contribution in [0.5, 0.6) is 11.5 Å². The molecular weight excluding hydrogens is 472 g/mol. The number of hydrogen-bond donors (Lipinski definition) is 3. The molecule has 1 aromatic heterocycles. The van der Waals surface area contributed by atoms with Crippen molar-refractivity contribution in [2.24, 2.45) is 4.99 Å². The van der Waals surface area contributed by atoms with Gasteiger partial charge < -0.3 is 20.1 Å². The molecule has 178 valence electrons. The van der Waals surface area contributed by atoms with E-state index in [0.717, 1.165) is 17.8 Å². The highest BCUT2D eigenvalue weighted by Gasteiger charge is 2.13. The first-order valence-electron chi connectivity index (χ1n) is 10.5. The molecule has 3 aromatic rings. The Morgan fingerprint density at radius 1 is 0.971 bits per heavy atom. The summed E-state index contributed by atoms with van der Waals surface area (Å²) in [6, 6.07) is 15.4. The average molecular weight is 499 g/mol. The molecule has 2 aromatic carbocycles. The number of benzene rings is 2. The molecule has 0 aliphatic carbocycles. The van der Waals surface area contributed by atoms with E-state index >= 15 is 0 Å². The fraction of sp³-hybridized carbons (Fsp3) is 0.250. The lowest BCUT2D eigenvalue weighted by atomic mass is 10.2. The van der Waals surface area contributed by atoms with Gasteiger partial charge in [0.15, 0.2) is 5.11 Å². The van der Waals surface area contributed by atoms with Crippen LogP contribution in [0.25, 0.3) is 0 Å². The zero-order valence-corrected chi connectivity index (χ0v) is 21.0. The van der Waals surface area contributed by atoms with E-state index in [1.165, 1.54) is 5.56 Å². The van der Waals surface area contributed by atoms with Gasteiger partial charge in [-0.3, -0.25) is 10.3 Å². The maximum Gasteiger partial charge on any atom is 0.229 e. The molecule has 0 aliphatic heterocycles. The molecule has 0 fully saturated rings. The van der Waals surface area contributed by atoms with Gasteiger partial charge in [-0.1, -0.05) is 41.9 Å². The number of anilines is 2. The van der Waals surface area contributed by atoms with E-state index < -0.39 is 0 Å². The van der Waals surface area contributed by atoms with Crippen molar-refractivity contribution in [3.8, 4) is 11.5 Å². The number of thiocarbonyl (C=S) groups is 1. The van der Waals surface area contributed by atoms with Crippen LogP contribution in [0, 0.1) is 13.8 Å². The number of nitrogens with one attached hydrogen (secondary N) is 3. The normalized spacial score (nSPS) is 11.0. The summed E-state index contributed by atoms with van der Waals surface area (Å²) in [5.74, 6) is 1.85. The van der Waals surface area contributed by atoms with Gasteiger partial charge in [-0.05, 0) is 44.1 Å². The number of nitrogens with zero attached hydrogens (tertiary/aromatic N) is 3. The molecule has 8 nitrogen and oxygen atoms in total. The summed E-state index contributed by atoms with van der Waals surface area (Å²) in [6.45, 7) is 4.35. The Hall–Kier alpha value is -3.43. The average Bonchev–Trinajstić information content (AvgIpc) is 2.79. The van der Waals surface area contributed by atoms with Crippen LogP contribution in [0.2, 0.25) is 5.02 Å². The van der Waals surface area contributed by atoms with Crippen molar-refractivity contribution in [2.45, 2.75) is 20.3 Å². The zero-order chi connectivity index (χ0) is 24.5. The van der Waals surface area contributed by atoms with E-state index in [4.69, 9.17) is 33.3 Å². The van der Waals surface area contributed by atoms with Crippen molar-refractivity contribution in [3.63, 3.8) is 0 Å². The summed E-state index contributed by atoms with van der Waals surface area (Å²) in [4.78, 5) is 13.5. The molecule has 1 heterocycles. The monoisotopic (exact) mass is 498 g/mol. The molecule has 34 heavy (non-hydrogen) atoms. The number of ether oxygens (including phenoxy) is 2. The Morgan fingerprint density at radius 3 is 2.29 bits per heavy atom. The molecule has 0 saturated carbocycles. The van der Waals surface area contributed by atoms with Crippen molar-refractivity contribution in [3.05, 3.63) is 70.5 Å². The molecule has 3 N–H and O–H groups in total. The molecule has 0 amide bonds. The van der Waals surface area contributed by atoms with Gasteiger partial charge in [0.1, 0.15) is 11.5 Å². The first-order chi connectivity index (χ1) is 16.4. The van der Waals surface area contributed by atoms with Crippen LogP contribution in [0.4, 0.5) is 11.6 Å². The van der Waals surface area contributed by atoms with Crippen LogP contribution in [-0.2, 0) is 6.42 Å². The molecule has 0 spiro atoms. The van der Waals surface area contributed by atoms with Gasteiger partial charge >= 0.3 is 0 Å². The molecular formula is C24H27ClN6O2S. The van der Waals surface area contributed by atoms with Gasteiger partial charge in [0, 0.05) is 30.1 Å². The highest BCUT2D eigenvalue weighted by molar-refractivity contribution is 7.80. The summed E-state index contributed by atoms with van der Waals surface area (Å²) in [5.41, 5.74) is 3.47. The van der Waals surface area contributed by atoms with Gasteiger partial charge in [0.25, 0.3) is 0 Å². The second kappa shape index (κ2) is 12.2. The highest BCUT2D eigenvalue weighted by atomic mass is 35.5. The van der Waals surface area contributed by atoms with Crippen molar-refractivity contribution >= 4 is 46.5 Å². The molecule has 0 bridgehead atoms. The zero-order valence-electron chi connectivity index (χ0n) is 19.5. The first-order valence-corrected chi connectivity index (χ1v) is 11.3. The highest BCUT2D eigenvalue weighted by Crippen LogP contribution is 2.35. The van der Waals surface area contributed by atoms with Crippen molar-refractivity contribution in [1.82, 2.24) is 15.3 Å². The number of aliphatic imine (C=N–C) groups is 1. The standard InChI is InChI=1S/C24H27ClN6O2S/c1-15-12-16(2)28-23(27-15)30-22(26-11-10-17-8-6-5-7-9-17)31-24(34)29-19-14-20(32-3)18(25)13-21(19)33-4/h5-9,12-14H,10-11H2,1-4H3,(H3,26,27,28,29,30,31,34). The minimum atomic E-state index is 0.290. The van der Waals surface area contributed by atoms with Crippen LogP contribution in [0.1, 0.15) is 17.0 Å². The molecule has 0 unspecified atom stereocenters. The Morgan fingerprint density at radius 2 is 1.65 bits per heavy atom. The lowest BCUT2D eigenvalue weighted by Gasteiger charge is -2.17.